The Balaban J connectivity index is 1.88. The van der Waals surface area contributed by atoms with Gasteiger partial charge in [-0.25, -0.2) is 0 Å². The molecule has 3 heteroatoms. The summed E-state index contributed by atoms with van der Waals surface area (Å²) < 4.78 is 0.455. The summed E-state index contributed by atoms with van der Waals surface area (Å²) in [6.45, 7) is 13.5. The minimum atomic E-state index is 0.455. The monoisotopic (exact) mass is 242 g/mol. The van der Waals surface area contributed by atoms with Crippen molar-refractivity contribution in [2.75, 3.05) is 38.5 Å². The molecule has 2 saturated heterocycles. The molecule has 0 aliphatic carbocycles. The fourth-order valence-corrected chi connectivity index (χ4v) is 4.22. The lowest BCUT2D eigenvalue weighted by atomic mass is 9.82. The van der Waals surface area contributed by atoms with E-state index in [0.29, 0.717) is 10.2 Å². The van der Waals surface area contributed by atoms with Crippen LogP contribution in [-0.2, 0) is 0 Å². The average Bonchev–Trinajstić information content (AvgIpc) is 2.16. The van der Waals surface area contributed by atoms with Gasteiger partial charge < -0.3 is 10.2 Å². The maximum Gasteiger partial charge on any atom is 0.0231 e. The van der Waals surface area contributed by atoms with Crippen LogP contribution in [0, 0.1) is 5.41 Å². The van der Waals surface area contributed by atoms with Gasteiger partial charge in [0, 0.05) is 36.7 Å². The van der Waals surface area contributed by atoms with Crippen molar-refractivity contribution < 1.29 is 0 Å². The SMILES string of the molecule is CC1(CN2CCSC(C)(C)C2)CCCNC1. The van der Waals surface area contributed by atoms with Gasteiger partial charge in [0.2, 0.25) is 0 Å². The van der Waals surface area contributed by atoms with E-state index >= 15 is 0 Å². The number of nitrogens with one attached hydrogen (secondary N) is 1. The Kier molecular flexibility index (Phi) is 3.87. The maximum atomic E-state index is 3.55. The van der Waals surface area contributed by atoms with E-state index in [4.69, 9.17) is 0 Å². The number of rotatable bonds is 2. The quantitative estimate of drug-likeness (QED) is 0.799. The van der Waals surface area contributed by atoms with E-state index in [1.165, 1.54) is 51.3 Å². The largest absolute Gasteiger partial charge is 0.316 e. The fraction of sp³-hybridized carbons (Fsp3) is 1.00. The third-order valence-corrected chi connectivity index (χ3v) is 5.09. The van der Waals surface area contributed by atoms with Crippen LogP contribution in [0.1, 0.15) is 33.6 Å². The van der Waals surface area contributed by atoms with Gasteiger partial charge in [-0.1, -0.05) is 6.92 Å². The summed E-state index contributed by atoms with van der Waals surface area (Å²) in [5, 5.41) is 3.55. The topological polar surface area (TPSA) is 15.3 Å². The van der Waals surface area contributed by atoms with Crippen molar-refractivity contribution in [1.82, 2.24) is 10.2 Å². The molecule has 2 heterocycles. The summed E-state index contributed by atoms with van der Waals surface area (Å²) in [4.78, 5) is 2.68. The van der Waals surface area contributed by atoms with Gasteiger partial charge in [-0.3, -0.25) is 0 Å². The molecular weight excluding hydrogens is 216 g/mol. The van der Waals surface area contributed by atoms with Gasteiger partial charge in [-0.15, -0.1) is 0 Å². The minimum absolute atomic E-state index is 0.455. The van der Waals surface area contributed by atoms with Gasteiger partial charge in [-0.05, 0) is 38.6 Å². The van der Waals surface area contributed by atoms with Crippen molar-refractivity contribution in [1.29, 1.82) is 0 Å². The molecule has 0 bridgehead atoms. The van der Waals surface area contributed by atoms with Crippen molar-refractivity contribution in [2.24, 2.45) is 5.41 Å². The predicted molar refractivity (Wildman–Crippen MR) is 73.2 cm³/mol. The lowest BCUT2D eigenvalue weighted by Crippen LogP contribution is -2.51. The highest BCUT2D eigenvalue weighted by molar-refractivity contribution is 8.00. The van der Waals surface area contributed by atoms with E-state index in [1.807, 2.05) is 0 Å². The van der Waals surface area contributed by atoms with Crippen LogP contribution < -0.4 is 5.32 Å². The first-order chi connectivity index (χ1) is 7.49. The second-order valence-electron chi connectivity index (χ2n) is 6.41. The van der Waals surface area contributed by atoms with Gasteiger partial charge >= 0.3 is 0 Å². The third kappa shape index (κ3) is 3.38. The molecule has 0 aromatic heterocycles. The molecule has 2 fully saturated rings. The van der Waals surface area contributed by atoms with E-state index in [2.05, 4.69) is 42.7 Å². The minimum Gasteiger partial charge on any atom is -0.316 e. The number of hydrogen-bond acceptors (Lipinski definition) is 3. The summed E-state index contributed by atoms with van der Waals surface area (Å²) in [7, 11) is 0. The second-order valence-corrected chi connectivity index (χ2v) is 8.21. The molecule has 0 spiro atoms. The van der Waals surface area contributed by atoms with Crippen LogP contribution in [0.25, 0.3) is 0 Å². The Morgan fingerprint density at radius 3 is 2.75 bits per heavy atom. The second kappa shape index (κ2) is 4.87. The summed E-state index contributed by atoms with van der Waals surface area (Å²) in [6.07, 6.45) is 2.74. The highest BCUT2D eigenvalue weighted by Crippen LogP contribution is 2.33. The zero-order chi connectivity index (χ0) is 11.6. The average molecular weight is 242 g/mol. The number of piperidine rings is 1. The maximum absolute atomic E-state index is 3.55. The molecule has 0 aromatic rings. The molecule has 0 saturated carbocycles. The van der Waals surface area contributed by atoms with Gasteiger partial charge in [0.25, 0.3) is 0 Å². The van der Waals surface area contributed by atoms with E-state index in [0.717, 1.165) is 0 Å². The summed E-state index contributed by atoms with van der Waals surface area (Å²) in [5.41, 5.74) is 0.510. The molecule has 2 rings (SSSR count). The number of hydrogen-bond donors (Lipinski definition) is 1. The number of thioether (sulfide) groups is 1. The normalized spacial score (nSPS) is 36.2. The predicted octanol–water partition coefficient (Wildman–Crippen LogP) is 2.20. The Labute approximate surface area is 105 Å². The van der Waals surface area contributed by atoms with E-state index in [-0.39, 0.29) is 0 Å². The molecule has 0 radical (unpaired) electrons. The van der Waals surface area contributed by atoms with Crippen molar-refractivity contribution >= 4 is 11.8 Å². The first kappa shape index (κ1) is 12.7. The number of nitrogens with zero attached hydrogens (tertiary/aromatic N) is 1. The van der Waals surface area contributed by atoms with Crippen molar-refractivity contribution in [2.45, 2.75) is 38.4 Å². The molecule has 94 valence electrons. The van der Waals surface area contributed by atoms with Crippen molar-refractivity contribution in [3.8, 4) is 0 Å². The first-order valence-corrected chi connectivity index (χ1v) is 7.55. The van der Waals surface area contributed by atoms with Crippen LogP contribution in [0.3, 0.4) is 0 Å². The molecule has 1 unspecified atom stereocenters. The van der Waals surface area contributed by atoms with E-state index in [1.54, 1.807) is 0 Å². The van der Waals surface area contributed by atoms with Gasteiger partial charge in [-0.2, -0.15) is 11.8 Å². The van der Waals surface area contributed by atoms with Crippen LogP contribution >= 0.6 is 11.8 Å². The van der Waals surface area contributed by atoms with Gasteiger partial charge in [0.15, 0.2) is 0 Å². The van der Waals surface area contributed by atoms with Crippen molar-refractivity contribution in [3.05, 3.63) is 0 Å². The van der Waals surface area contributed by atoms with Crippen LogP contribution in [0.4, 0.5) is 0 Å². The lowest BCUT2D eigenvalue weighted by molar-refractivity contribution is 0.129. The first-order valence-electron chi connectivity index (χ1n) is 6.56. The zero-order valence-electron chi connectivity index (χ0n) is 11.0. The van der Waals surface area contributed by atoms with Crippen molar-refractivity contribution in [3.63, 3.8) is 0 Å². The molecule has 1 atom stereocenters. The lowest BCUT2D eigenvalue weighted by Gasteiger charge is -2.43. The van der Waals surface area contributed by atoms with E-state index in [9.17, 15) is 0 Å². The Morgan fingerprint density at radius 1 is 1.31 bits per heavy atom. The molecule has 2 nitrogen and oxygen atoms in total. The summed E-state index contributed by atoms with van der Waals surface area (Å²) in [6, 6.07) is 0. The highest BCUT2D eigenvalue weighted by Gasteiger charge is 2.33. The van der Waals surface area contributed by atoms with Crippen LogP contribution in [-0.4, -0.2) is 48.1 Å². The molecule has 0 amide bonds. The molecule has 2 aliphatic heterocycles. The van der Waals surface area contributed by atoms with Crippen LogP contribution in [0.5, 0.6) is 0 Å². The Morgan fingerprint density at radius 2 is 2.12 bits per heavy atom. The zero-order valence-corrected chi connectivity index (χ0v) is 11.8. The third-order valence-electron chi connectivity index (χ3n) is 3.80. The molecular formula is C13H26N2S. The Hall–Kier alpha value is 0.270. The summed E-state index contributed by atoms with van der Waals surface area (Å²) in [5.74, 6) is 1.30. The Bertz CT molecular complexity index is 234. The summed E-state index contributed by atoms with van der Waals surface area (Å²) >= 11 is 2.13. The smallest absolute Gasteiger partial charge is 0.0231 e. The fourth-order valence-electron chi connectivity index (χ4n) is 3.04. The standard InChI is InChI=1S/C13H26N2S/c1-12(2)10-15(7-8-16-12)11-13(3)5-4-6-14-9-13/h14H,4-11H2,1-3H3. The van der Waals surface area contributed by atoms with Gasteiger partial charge in [0.05, 0.1) is 0 Å². The molecule has 16 heavy (non-hydrogen) atoms. The van der Waals surface area contributed by atoms with Crippen LogP contribution in [0.2, 0.25) is 0 Å². The van der Waals surface area contributed by atoms with Gasteiger partial charge in [0.1, 0.15) is 0 Å². The highest BCUT2D eigenvalue weighted by atomic mass is 32.2. The van der Waals surface area contributed by atoms with E-state index < -0.39 is 0 Å². The molecule has 2 aliphatic rings. The van der Waals surface area contributed by atoms with Crippen LogP contribution in [0.15, 0.2) is 0 Å². The molecule has 0 aromatic carbocycles. The molecule has 1 N–H and O–H groups in total.